The molecule has 88 valence electrons. The molecule has 1 aromatic carbocycles. The second-order valence-corrected chi connectivity index (χ2v) is 3.74. The molecule has 1 rings (SSSR count). The molecule has 1 atom stereocenters. The van der Waals surface area contributed by atoms with Crippen molar-refractivity contribution in [1.82, 2.24) is 0 Å². The highest BCUT2D eigenvalue weighted by Crippen LogP contribution is 2.23. The zero-order valence-electron chi connectivity index (χ0n) is 9.07. The number of ether oxygens (including phenoxy) is 2. The van der Waals surface area contributed by atoms with Crippen LogP contribution in [0.5, 0.6) is 5.75 Å². The van der Waals surface area contributed by atoms with E-state index < -0.39 is 5.97 Å². The van der Waals surface area contributed by atoms with Crippen molar-refractivity contribution in [3.8, 4) is 5.75 Å². The number of carboxylic acid groups (broad SMARTS) is 1. The predicted octanol–water partition coefficient (Wildman–Crippen LogP) is 2.45. The Morgan fingerprint density at radius 2 is 2.25 bits per heavy atom. The van der Waals surface area contributed by atoms with Crippen LogP contribution < -0.4 is 4.74 Å². The molecule has 1 unspecified atom stereocenters. The molecule has 0 aromatic heterocycles. The third-order valence-corrected chi connectivity index (χ3v) is 2.29. The van der Waals surface area contributed by atoms with Crippen LogP contribution in [0.3, 0.4) is 0 Å². The van der Waals surface area contributed by atoms with Gasteiger partial charge in [-0.1, -0.05) is 11.6 Å². The van der Waals surface area contributed by atoms with Gasteiger partial charge < -0.3 is 14.6 Å². The van der Waals surface area contributed by atoms with Crippen LogP contribution in [0.25, 0.3) is 0 Å². The minimum Gasteiger partial charge on any atom is -0.490 e. The fourth-order valence-corrected chi connectivity index (χ4v) is 1.23. The average molecular weight is 245 g/mol. The molecule has 5 heteroatoms. The minimum absolute atomic E-state index is 0.0905. The molecule has 1 N–H and O–H groups in total. The number of halogens is 1. The van der Waals surface area contributed by atoms with E-state index in [2.05, 4.69) is 0 Å². The fraction of sp³-hybridized carbons (Fsp3) is 0.364. The number of hydrogen-bond acceptors (Lipinski definition) is 3. The Balaban J connectivity index is 2.84. The lowest BCUT2D eigenvalue weighted by atomic mass is 10.2. The van der Waals surface area contributed by atoms with Crippen molar-refractivity contribution < 1.29 is 19.4 Å². The SMILES string of the molecule is COC(C)COc1cc(Cl)ccc1C(=O)O. The van der Waals surface area contributed by atoms with Crippen LogP contribution in [-0.2, 0) is 4.74 Å². The quantitative estimate of drug-likeness (QED) is 0.864. The smallest absolute Gasteiger partial charge is 0.339 e. The summed E-state index contributed by atoms with van der Waals surface area (Å²) in [6.45, 7) is 2.10. The van der Waals surface area contributed by atoms with Crippen molar-refractivity contribution in [2.75, 3.05) is 13.7 Å². The van der Waals surface area contributed by atoms with Crippen LogP contribution in [0.4, 0.5) is 0 Å². The number of benzene rings is 1. The van der Waals surface area contributed by atoms with E-state index >= 15 is 0 Å². The van der Waals surface area contributed by atoms with Gasteiger partial charge in [0.05, 0.1) is 6.10 Å². The molecule has 0 spiro atoms. The van der Waals surface area contributed by atoms with E-state index in [0.717, 1.165) is 0 Å². The molecule has 16 heavy (non-hydrogen) atoms. The Bertz CT molecular complexity index is 378. The maximum Gasteiger partial charge on any atom is 0.339 e. The first-order valence-electron chi connectivity index (χ1n) is 4.73. The molecule has 0 heterocycles. The summed E-state index contributed by atoms with van der Waals surface area (Å²) in [6, 6.07) is 4.41. The van der Waals surface area contributed by atoms with E-state index in [-0.39, 0.29) is 24.0 Å². The molecule has 0 aliphatic rings. The Hall–Kier alpha value is -1.26. The summed E-state index contributed by atoms with van der Waals surface area (Å²) in [7, 11) is 1.56. The second-order valence-electron chi connectivity index (χ2n) is 3.30. The highest BCUT2D eigenvalue weighted by molar-refractivity contribution is 6.30. The van der Waals surface area contributed by atoms with E-state index in [4.69, 9.17) is 26.2 Å². The summed E-state index contributed by atoms with van der Waals surface area (Å²) in [5.41, 5.74) is 0.0905. The maximum atomic E-state index is 10.9. The molecule has 0 aliphatic heterocycles. The highest BCUT2D eigenvalue weighted by atomic mass is 35.5. The summed E-state index contributed by atoms with van der Waals surface area (Å²) in [5, 5.41) is 9.36. The van der Waals surface area contributed by atoms with E-state index in [9.17, 15) is 4.79 Å². The van der Waals surface area contributed by atoms with E-state index in [1.165, 1.54) is 18.2 Å². The summed E-state index contributed by atoms with van der Waals surface area (Å²) in [5.74, 6) is -0.791. The Kier molecular flexibility index (Phi) is 4.58. The van der Waals surface area contributed by atoms with Gasteiger partial charge in [-0.2, -0.15) is 0 Å². The standard InChI is InChI=1S/C11H13ClO4/c1-7(15-2)6-16-10-5-8(12)3-4-9(10)11(13)14/h3-5,7H,6H2,1-2H3,(H,13,14). The van der Waals surface area contributed by atoms with Crippen molar-refractivity contribution in [3.63, 3.8) is 0 Å². The van der Waals surface area contributed by atoms with Gasteiger partial charge in [-0.05, 0) is 25.1 Å². The topological polar surface area (TPSA) is 55.8 Å². The van der Waals surface area contributed by atoms with Crippen molar-refractivity contribution in [2.45, 2.75) is 13.0 Å². The van der Waals surface area contributed by atoms with Crippen LogP contribution in [0.2, 0.25) is 5.02 Å². The molecule has 0 fully saturated rings. The lowest BCUT2D eigenvalue weighted by Crippen LogP contribution is -2.17. The number of methoxy groups -OCH3 is 1. The van der Waals surface area contributed by atoms with Crippen LogP contribution in [0.1, 0.15) is 17.3 Å². The number of aromatic carboxylic acids is 1. The van der Waals surface area contributed by atoms with Crippen LogP contribution in [0.15, 0.2) is 18.2 Å². The minimum atomic E-state index is -1.04. The van der Waals surface area contributed by atoms with Gasteiger partial charge in [-0.15, -0.1) is 0 Å². The Morgan fingerprint density at radius 1 is 1.56 bits per heavy atom. The summed E-state index contributed by atoms with van der Waals surface area (Å²) < 4.78 is 10.3. The number of carbonyl (C=O) groups is 1. The first-order chi connectivity index (χ1) is 7.54. The normalized spacial score (nSPS) is 12.2. The monoisotopic (exact) mass is 244 g/mol. The average Bonchev–Trinajstić information content (AvgIpc) is 2.25. The first kappa shape index (κ1) is 12.8. The van der Waals surface area contributed by atoms with Gasteiger partial charge in [0.25, 0.3) is 0 Å². The third-order valence-electron chi connectivity index (χ3n) is 2.05. The van der Waals surface area contributed by atoms with E-state index in [1.54, 1.807) is 7.11 Å². The first-order valence-corrected chi connectivity index (χ1v) is 5.11. The zero-order chi connectivity index (χ0) is 12.1. The molecule has 0 saturated heterocycles. The van der Waals surface area contributed by atoms with Crippen molar-refractivity contribution in [2.24, 2.45) is 0 Å². The molecular weight excluding hydrogens is 232 g/mol. The number of rotatable bonds is 5. The third kappa shape index (κ3) is 3.40. The summed E-state index contributed by atoms with van der Waals surface area (Å²) in [6.07, 6.45) is -0.111. The molecule has 1 aromatic rings. The summed E-state index contributed by atoms with van der Waals surface area (Å²) >= 11 is 5.77. The van der Waals surface area contributed by atoms with Gasteiger partial charge in [0.1, 0.15) is 17.9 Å². The maximum absolute atomic E-state index is 10.9. The summed E-state index contributed by atoms with van der Waals surface area (Å²) in [4.78, 5) is 10.9. The van der Waals surface area contributed by atoms with Crippen LogP contribution >= 0.6 is 11.6 Å². The van der Waals surface area contributed by atoms with Crippen LogP contribution in [0, 0.1) is 0 Å². The van der Waals surface area contributed by atoms with E-state index in [1.807, 2.05) is 6.92 Å². The zero-order valence-corrected chi connectivity index (χ0v) is 9.82. The molecule has 0 bridgehead atoms. The van der Waals surface area contributed by atoms with Gasteiger partial charge in [0.2, 0.25) is 0 Å². The number of hydrogen-bond donors (Lipinski definition) is 1. The van der Waals surface area contributed by atoms with Crippen molar-refractivity contribution in [1.29, 1.82) is 0 Å². The van der Waals surface area contributed by atoms with Gasteiger partial charge in [-0.25, -0.2) is 4.79 Å². The van der Waals surface area contributed by atoms with Gasteiger partial charge in [0.15, 0.2) is 0 Å². The largest absolute Gasteiger partial charge is 0.490 e. The molecule has 0 saturated carbocycles. The Labute approximate surface area is 98.7 Å². The number of carboxylic acids is 1. The molecule has 0 amide bonds. The molecule has 4 nitrogen and oxygen atoms in total. The van der Waals surface area contributed by atoms with Gasteiger partial charge in [-0.3, -0.25) is 0 Å². The lowest BCUT2D eigenvalue weighted by molar-refractivity contribution is 0.0646. The fourth-order valence-electron chi connectivity index (χ4n) is 1.07. The Morgan fingerprint density at radius 3 is 2.81 bits per heavy atom. The van der Waals surface area contributed by atoms with Crippen molar-refractivity contribution in [3.05, 3.63) is 28.8 Å². The van der Waals surface area contributed by atoms with E-state index in [0.29, 0.717) is 5.02 Å². The molecule has 0 radical (unpaired) electrons. The van der Waals surface area contributed by atoms with Crippen LogP contribution in [-0.4, -0.2) is 30.9 Å². The molecule has 0 aliphatic carbocycles. The van der Waals surface area contributed by atoms with Gasteiger partial charge in [0, 0.05) is 12.1 Å². The second kappa shape index (κ2) is 5.72. The predicted molar refractivity (Wildman–Crippen MR) is 60.4 cm³/mol. The molecular formula is C11H13ClO4. The van der Waals surface area contributed by atoms with Crippen molar-refractivity contribution >= 4 is 17.6 Å². The lowest BCUT2D eigenvalue weighted by Gasteiger charge is -2.13. The highest BCUT2D eigenvalue weighted by Gasteiger charge is 2.12. The van der Waals surface area contributed by atoms with Gasteiger partial charge >= 0.3 is 5.97 Å².